The molecule has 0 aliphatic heterocycles. The molecule has 0 radical (unpaired) electrons. The fourth-order valence-corrected chi connectivity index (χ4v) is 1.32. The number of carbonyl (C=O) groups is 2. The molecular weight excluding hydrogens is 242 g/mol. The Balaban J connectivity index is 2.43. The van der Waals surface area contributed by atoms with Crippen LogP contribution in [0.15, 0.2) is 24.3 Å². The molecule has 2 amide bonds. The quantitative estimate of drug-likeness (QED) is 0.610. The number of hydrogen-bond donors (Lipinski definition) is 2. The Hall–Kier alpha value is -2.06. The summed E-state index contributed by atoms with van der Waals surface area (Å²) in [5.74, 6) is -1.60. The molecule has 0 aromatic heterocycles. The first-order valence-corrected chi connectivity index (χ1v) is 5.18. The van der Waals surface area contributed by atoms with E-state index in [4.69, 9.17) is 16.9 Å². The van der Waals surface area contributed by atoms with E-state index < -0.39 is 11.8 Å². The van der Waals surface area contributed by atoms with Gasteiger partial charge in [0.1, 0.15) is 6.54 Å². The summed E-state index contributed by atoms with van der Waals surface area (Å²) in [6.45, 7) is 0.0167. The lowest BCUT2D eigenvalue weighted by molar-refractivity contribution is -0.139. The molecule has 0 spiro atoms. The molecule has 0 atom stereocenters. The summed E-state index contributed by atoms with van der Waals surface area (Å²) in [6.07, 6.45) is 0. The lowest BCUT2D eigenvalue weighted by atomic mass is 10.2. The van der Waals surface area contributed by atoms with E-state index in [1.165, 1.54) is 0 Å². The maximum absolute atomic E-state index is 11.2. The molecular formula is C11H10ClN3O2. The summed E-state index contributed by atoms with van der Waals surface area (Å²) in [7, 11) is 0. The number of nitriles is 1. The first kappa shape index (κ1) is 13.0. The van der Waals surface area contributed by atoms with Crippen LogP contribution in [0.1, 0.15) is 5.56 Å². The summed E-state index contributed by atoms with van der Waals surface area (Å²) in [4.78, 5) is 22.3. The second kappa shape index (κ2) is 6.51. The molecule has 0 aliphatic carbocycles. The van der Waals surface area contributed by atoms with Crippen LogP contribution in [0.25, 0.3) is 0 Å². The highest BCUT2D eigenvalue weighted by molar-refractivity contribution is 6.35. The minimum atomic E-state index is -0.825. The highest BCUT2D eigenvalue weighted by Gasteiger charge is 2.11. The zero-order chi connectivity index (χ0) is 12.7. The van der Waals surface area contributed by atoms with E-state index in [1.807, 2.05) is 0 Å². The third-order valence-corrected chi connectivity index (χ3v) is 2.11. The fourth-order valence-electron chi connectivity index (χ4n) is 1.11. The van der Waals surface area contributed by atoms with Crippen LogP contribution in [-0.4, -0.2) is 18.4 Å². The maximum atomic E-state index is 11.2. The largest absolute Gasteiger partial charge is 0.344 e. The van der Waals surface area contributed by atoms with Crippen molar-refractivity contribution in [3.63, 3.8) is 0 Å². The number of benzene rings is 1. The molecule has 0 unspecified atom stereocenters. The van der Waals surface area contributed by atoms with Gasteiger partial charge in [-0.1, -0.05) is 23.7 Å². The molecule has 2 N–H and O–H groups in total. The van der Waals surface area contributed by atoms with Crippen LogP contribution in [0.3, 0.4) is 0 Å². The molecule has 0 fully saturated rings. The Bertz CT molecular complexity index is 468. The van der Waals surface area contributed by atoms with Crippen molar-refractivity contribution in [1.82, 2.24) is 10.6 Å². The van der Waals surface area contributed by atoms with E-state index in [-0.39, 0.29) is 13.1 Å². The molecule has 0 saturated carbocycles. The highest BCUT2D eigenvalue weighted by Crippen LogP contribution is 2.09. The molecule has 1 rings (SSSR count). The number of nitrogens with one attached hydrogen (secondary N) is 2. The lowest BCUT2D eigenvalue weighted by Gasteiger charge is -2.04. The Kier molecular flexibility index (Phi) is 4.98. The van der Waals surface area contributed by atoms with Crippen molar-refractivity contribution >= 4 is 23.4 Å². The number of rotatable bonds is 3. The van der Waals surface area contributed by atoms with Crippen LogP contribution in [0, 0.1) is 11.3 Å². The number of nitrogens with zero attached hydrogens (tertiary/aromatic N) is 1. The van der Waals surface area contributed by atoms with E-state index in [0.29, 0.717) is 5.02 Å². The Morgan fingerprint density at radius 2 is 2.00 bits per heavy atom. The van der Waals surface area contributed by atoms with Gasteiger partial charge in [0, 0.05) is 11.6 Å². The van der Waals surface area contributed by atoms with Crippen molar-refractivity contribution in [3.05, 3.63) is 34.9 Å². The second-order valence-corrected chi connectivity index (χ2v) is 3.59. The van der Waals surface area contributed by atoms with Gasteiger partial charge in [-0.3, -0.25) is 9.59 Å². The summed E-state index contributed by atoms with van der Waals surface area (Å²) in [5, 5.41) is 13.3. The average Bonchev–Trinajstić information content (AvgIpc) is 2.33. The van der Waals surface area contributed by atoms with Gasteiger partial charge in [-0.15, -0.1) is 0 Å². The van der Waals surface area contributed by atoms with Crippen LogP contribution in [0.4, 0.5) is 0 Å². The molecule has 5 nitrogen and oxygen atoms in total. The van der Waals surface area contributed by atoms with Gasteiger partial charge in [0.2, 0.25) is 0 Å². The monoisotopic (exact) mass is 251 g/mol. The maximum Gasteiger partial charge on any atom is 0.310 e. The standard InChI is InChI=1S/C11H10ClN3O2/c12-9-3-1-2-8(6-9)7-15-11(17)10(16)14-5-4-13/h1-3,6H,5,7H2,(H,14,16)(H,15,17). The first-order valence-electron chi connectivity index (χ1n) is 4.81. The lowest BCUT2D eigenvalue weighted by Crippen LogP contribution is -2.39. The number of amides is 2. The normalized spacial score (nSPS) is 9.18. The predicted octanol–water partition coefficient (Wildman–Crippen LogP) is 0.596. The molecule has 17 heavy (non-hydrogen) atoms. The van der Waals surface area contributed by atoms with Gasteiger partial charge in [0.05, 0.1) is 6.07 Å². The predicted molar refractivity (Wildman–Crippen MR) is 61.9 cm³/mol. The van der Waals surface area contributed by atoms with Crippen molar-refractivity contribution in [2.75, 3.05) is 6.54 Å². The minimum Gasteiger partial charge on any atom is -0.344 e. The molecule has 1 aromatic rings. The molecule has 0 bridgehead atoms. The smallest absolute Gasteiger partial charge is 0.310 e. The van der Waals surface area contributed by atoms with Gasteiger partial charge in [0.25, 0.3) is 0 Å². The van der Waals surface area contributed by atoms with Crippen LogP contribution in [-0.2, 0) is 16.1 Å². The molecule has 0 heterocycles. The Morgan fingerprint density at radius 1 is 1.29 bits per heavy atom. The van der Waals surface area contributed by atoms with Gasteiger partial charge in [-0.25, -0.2) is 0 Å². The third kappa shape index (κ3) is 4.53. The average molecular weight is 252 g/mol. The second-order valence-electron chi connectivity index (χ2n) is 3.15. The first-order chi connectivity index (χ1) is 8.13. The highest BCUT2D eigenvalue weighted by atomic mass is 35.5. The van der Waals surface area contributed by atoms with Gasteiger partial charge in [-0.05, 0) is 17.7 Å². The Labute approximate surface area is 103 Å². The summed E-state index contributed by atoms with van der Waals surface area (Å²) < 4.78 is 0. The molecule has 88 valence electrons. The van der Waals surface area contributed by atoms with Crippen molar-refractivity contribution in [2.45, 2.75) is 6.54 Å². The summed E-state index contributed by atoms with van der Waals surface area (Å²) in [5.41, 5.74) is 0.791. The van der Waals surface area contributed by atoms with E-state index in [2.05, 4.69) is 10.6 Å². The number of hydrogen-bond acceptors (Lipinski definition) is 3. The van der Waals surface area contributed by atoms with Crippen LogP contribution >= 0.6 is 11.6 Å². The van der Waals surface area contributed by atoms with Crippen molar-refractivity contribution in [1.29, 1.82) is 5.26 Å². The van der Waals surface area contributed by atoms with Crippen LogP contribution in [0.5, 0.6) is 0 Å². The van der Waals surface area contributed by atoms with Gasteiger partial charge in [0.15, 0.2) is 0 Å². The zero-order valence-electron chi connectivity index (χ0n) is 8.87. The van der Waals surface area contributed by atoms with E-state index in [0.717, 1.165) is 5.56 Å². The molecule has 0 aliphatic rings. The van der Waals surface area contributed by atoms with Crippen molar-refractivity contribution in [2.24, 2.45) is 0 Å². The third-order valence-electron chi connectivity index (χ3n) is 1.88. The number of halogens is 1. The molecule has 6 heteroatoms. The fraction of sp³-hybridized carbons (Fsp3) is 0.182. The van der Waals surface area contributed by atoms with Crippen molar-refractivity contribution in [3.8, 4) is 6.07 Å². The SMILES string of the molecule is N#CCNC(=O)C(=O)NCc1cccc(Cl)c1. The minimum absolute atomic E-state index is 0.191. The van der Waals surface area contributed by atoms with E-state index in [9.17, 15) is 9.59 Å². The zero-order valence-corrected chi connectivity index (χ0v) is 9.62. The van der Waals surface area contributed by atoms with Crippen LogP contribution < -0.4 is 10.6 Å². The molecule has 0 saturated heterocycles. The summed E-state index contributed by atoms with van der Waals surface area (Å²) in [6, 6.07) is 8.64. The van der Waals surface area contributed by atoms with Gasteiger partial charge in [-0.2, -0.15) is 5.26 Å². The number of carbonyl (C=O) groups excluding carboxylic acids is 2. The topological polar surface area (TPSA) is 82.0 Å². The van der Waals surface area contributed by atoms with Crippen LogP contribution in [0.2, 0.25) is 5.02 Å². The van der Waals surface area contributed by atoms with Gasteiger partial charge >= 0.3 is 11.8 Å². The molecule has 1 aromatic carbocycles. The van der Waals surface area contributed by atoms with E-state index in [1.54, 1.807) is 30.3 Å². The summed E-state index contributed by atoms with van der Waals surface area (Å²) >= 11 is 5.76. The van der Waals surface area contributed by atoms with Crippen molar-refractivity contribution < 1.29 is 9.59 Å². The van der Waals surface area contributed by atoms with Gasteiger partial charge < -0.3 is 10.6 Å². The van der Waals surface area contributed by atoms with E-state index >= 15 is 0 Å². The Morgan fingerprint density at radius 3 is 2.65 bits per heavy atom.